The average molecular weight is 469 g/mol. The van der Waals surface area contributed by atoms with Crippen molar-refractivity contribution in [1.82, 2.24) is 14.5 Å². The third-order valence-corrected chi connectivity index (χ3v) is 6.15. The standard InChI is InChI=1S/C28H28N4O3/c1-19-5-11-22(12-6-19)24-17-32(23-13-7-20(2)8-14-23)28(29-24)30-26(33)18-31(16-21-9-10-21)27(34)25-4-3-15-35-25/h3-8,11-15,17,21H,9-10,16,18H2,1-2H3,(H,29,30,33). The molecule has 1 saturated carbocycles. The Morgan fingerprint density at radius 3 is 2.34 bits per heavy atom. The number of benzene rings is 2. The number of hydrogen-bond donors (Lipinski definition) is 1. The lowest BCUT2D eigenvalue weighted by Gasteiger charge is -2.21. The molecule has 1 N–H and O–H groups in total. The van der Waals surface area contributed by atoms with Crippen LogP contribution in [0.25, 0.3) is 16.9 Å². The normalized spacial score (nSPS) is 13.0. The number of imidazole rings is 1. The Morgan fingerprint density at radius 2 is 1.71 bits per heavy atom. The summed E-state index contributed by atoms with van der Waals surface area (Å²) in [5, 5.41) is 2.94. The maximum absolute atomic E-state index is 13.1. The van der Waals surface area contributed by atoms with Crippen LogP contribution in [0.2, 0.25) is 0 Å². The van der Waals surface area contributed by atoms with Gasteiger partial charge in [-0.1, -0.05) is 47.5 Å². The van der Waals surface area contributed by atoms with E-state index in [0.717, 1.165) is 40.9 Å². The highest BCUT2D eigenvalue weighted by molar-refractivity contribution is 5.97. The predicted octanol–water partition coefficient (Wildman–Crippen LogP) is 5.24. The zero-order chi connectivity index (χ0) is 24.4. The second kappa shape index (κ2) is 9.62. The molecule has 0 saturated heterocycles. The third kappa shape index (κ3) is 5.35. The van der Waals surface area contributed by atoms with E-state index in [-0.39, 0.29) is 24.1 Å². The topological polar surface area (TPSA) is 80.4 Å². The minimum absolute atomic E-state index is 0.0728. The molecule has 1 fully saturated rings. The van der Waals surface area contributed by atoms with Crippen LogP contribution < -0.4 is 5.32 Å². The Kier molecular flexibility index (Phi) is 6.23. The molecule has 2 amide bonds. The van der Waals surface area contributed by atoms with Gasteiger partial charge in [0.05, 0.1) is 12.0 Å². The van der Waals surface area contributed by atoms with E-state index in [1.54, 1.807) is 17.0 Å². The zero-order valence-corrected chi connectivity index (χ0v) is 19.9. The van der Waals surface area contributed by atoms with E-state index in [1.807, 2.05) is 73.1 Å². The van der Waals surface area contributed by atoms with Gasteiger partial charge in [-0.2, -0.15) is 0 Å². The molecule has 1 aliphatic rings. The minimum atomic E-state index is -0.306. The number of amides is 2. The molecule has 7 nitrogen and oxygen atoms in total. The highest BCUT2D eigenvalue weighted by Gasteiger charge is 2.30. The molecule has 178 valence electrons. The van der Waals surface area contributed by atoms with E-state index in [0.29, 0.717) is 18.4 Å². The Morgan fingerprint density at radius 1 is 1.03 bits per heavy atom. The van der Waals surface area contributed by atoms with Gasteiger partial charge in [-0.15, -0.1) is 0 Å². The lowest BCUT2D eigenvalue weighted by atomic mass is 10.1. The molecule has 0 aliphatic heterocycles. The monoisotopic (exact) mass is 468 g/mol. The summed E-state index contributed by atoms with van der Waals surface area (Å²) in [4.78, 5) is 32.4. The Hall–Kier alpha value is -4.13. The van der Waals surface area contributed by atoms with Gasteiger partial charge in [0.15, 0.2) is 5.76 Å². The first-order chi connectivity index (χ1) is 17.0. The van der Waals surface area contributed by atoms with Crippen LogP contribution in [0.4, 0.5) is 5.95 Å². The average Bonchev–Trinajstić information content (AvgIpc) is 3.32. The molecule has 0 bridgehead atoms. The highest BCUT2D eigenvalue weighted by atomic mass is 16.3. The number of aromatic nitrogens is 2. The van der Waals surface area contributed by atoms with Crippen molar-refractivity contribution in [2.75, 3.05) is 18.4 Å². The Balaban J connectivity index is 1.41. The largest absolute Gasteiger partial charge is 0.459 e. The first-order valence-corrected chi connectivity index (χ1v) is 11.8. The number of furan rings is 1. The number of anilines is 1. The van der Waals surface area contributed by atoms with E-state index < -0.39 is 0 Å². The maximum Gasteiger partial charge on any atom is 0.290 e. The summed E-state index contributed by atoms with van der Waals surface area (Å²) in [6, 6.07) is 19.4. The molecule has 0 unspecified atom stereocenters. The summed E-state index contributed by atoms with van der Waals surface area (Å²) >= 11 is 0. The lowest BCUT2D eigenvalue weighted by molar-refractivity contribution is -0.117. The third-order valence-electron chi connectivity index (χ3n) is 6.15. The number of nitrogens with zero attached hydrogens (tertiary/aromatic N) is 3. The fourth-order valence-corrected chi connectivity index (χ4v) is 3.96. The minimum Gasteiger partial charge on any atom is -0.459 e. The van der Waals surface area contributed by atoms with Crippen molar-refractivity contribution in [2.45, 2.75) is 26.7 Å². The van der Waals surface area contributed by atoms with Gasteiger partial charge in [-0.25, -0.2) is 4.98 Å². The molecule has 2 aromatic carbocycles. The second-order valence-corrected chi connectivity index (χ2v) is 9.18. The van der Waals surface area contributed by atoms with Crippen LogP contribution in [-0.4, -0.2) is 39.4 Å². The van der Waals surface area contributed by atoms with E-state index in [9.17, 15) is 9.59 Å². The van der Waals surface area contributed by atoms with Crippen molar-refractivity contribution in [2.24, 2.45) is 5.92 Å². The molecule has 7 heteroatoms. The second-order valence-electron chi connectivity index (χ2n) is 9.18. The molecule has 1 aliphatic carbocycles. The Bertz CT molecular complexity index is 1320. The first kappa shape index (κ1) is 22.7. The van der Waals surface area contributed by atoms with Gasteiger partial charge in [-0.05, 0) is 56.9 Å². The zero-order valence-electron chi connectivity index (χ0n) is 19.9. The van der Waals surface area contributed by atoms with E-state index in [1.165, 1.54) is 6.26 Å². The molecule has 4 aromatic rings. The van der Waals surface area contributed by atoms with E-state index in [2.05, 4.69) is 5.32 Å². The van der Waals surface area contributed by atoms with Crippen LogP contribution in [0, 0.1) is 19.8 Å². The van der Waals surface area contributed by atoms with Crippen molar-refractivity contribution in [1.29, 1.82) is 0 Å². The fourth-order valence-electron chi connectivity index (χ4n) is 3.96. The van der Waals surface area contributed by atoms with Crippen LogP contribution in [0.5, 0.6) is 0 Å². The van der Waals surface area contributed by atoms with Crippen LogP contribution in [0.1, 0.15) is 34.5 Å². The maximum atomic E-state index is 13.1. The summed E-state index contributed by atoms with van der Waals surface area (Å²) in [5.74, 6) is 0.496. The highest BCUT2D eigenvalue weighted by Crippen LogP contribution is 2.30. The number of carbonyl (C=O) groups excluding carboxylic acids is 2. The van der Waals surface area contributed by atoms with Gasteiger partial charge in [0.2, 0.25) is 11.9 Å². The summed E-state index contributed by atoms with van der Waals surface area (Å²) in [5.41, 5.74) is 4.91. The first-order valence-electron chi connectivity index (χ1n) is 11.8. The van der Waals surface area contributed by atoms with Crippen LogP contribution in [-0.2, 0) is 4.79 Å². The molecule has 5 rings (SSSR count). The van der Waals surface area contributed by atoms with Gasteiger partial charge >= 0.3 is 0 Å². The van der Waals surface area contributed by atoms with Crippen molar-refractivity contribution < 1.29 is 14.0 Å². The fraction of sp³-hybridized carbons (Fsp3) is 0.250. The Labute approximate surface area is 204 Å². The molecule has 2 heterocycles. The number of hydrogen-bond acceptors (Lipinski definition) is 4. The molecular weight excluding hydrogens is 440 g/mol. The molecule has 35 heavy (non-hydrogen) atoms. The summed E-state index contributed by atoms with van der Waals surface area (Å²) in [7, 11) is 0. The summed E-state index contributed by atoms with van der Waals surface area (Å²) in [6.45, 7) is 4.53. The van der Waals surface area contributed by atoms with Gasteiger partial charge < -0.3 is 9.32 Å². The molecule has 0 atom stereocenters. The van der Waals surface area contributed by atoms with Gasteiger partial charge in [0.1, 0.15) is 6.54 Å². The SMILES string of the molecule is Cc1ccc(-c2cn(-c3ccc(C)cc3)c(NC(=O)CN(CC3CC3)C(=O)c3ccco3)n2)cc1. The molecule has 0 radical (unpaired) electrons. The lowest BCUT2D eigenvalue weighted by Crippen LogP contribution is -2.39. The van der Waals surface area contributed by atoms with Gasteiger partial charge in [0, 0.05) is 24.0 Å². The van der Waals surface area contributed by atoms with E-state index in [4.69, 9.17) is 9.40 Å². The number of rotatable bonds is 8. The smallest absolute Gasteiger partial charge is 0.290 e. The van der Waals surface area contributed by atoms with Gasteiger partial charge in [-0.3, -0.25) is 19.5 Å². The van der Waals surface area contributed by atoms with Crippen LogP contribution in [0.3, 0.4) is 0 Å². The molecule has 2 aromatic heterocycles. The van der Waals surface area contributed by atoms with Crippen molar-refractivity contribution in [3.8, 4) is 16.9 Å². The summed E-state index contributed by atoms with van der Waals surface area (Å²) in [6.07, 6.45) is 5.52. The number of carbonyl (C=O) groups is 2. The van der Waals surface area contributed by atoms with Crippen LogP contribution >= 0.6 is 0 Å². The number of aryl methyl sites for hydroxylation is 2. The molecular formula is C28H28N4O3. The van der Waals surface area contributed by atoms with Crippen LogP contribution in [0.15, 0.2) is 77.5 Å². The molecule has 0 spiro atoms. The summed E-state index contributed by atoms with van der Waals surface area (Å²) < 4.78 is 7.15. The van der Waals surface area contributed by atoms with Crippen molar-refractivity contribution >= 4 is 17.8 Å². The van der Waals surface area contributed by atoms with Crippen molar-refractivity contribution in [3.05, 3.63) is 90.0 Å². The number of nitrogens with one attached hydrogen (secondary N) is 1. The van der Waals surface area contributed by atoms with Gasteiger partial charge in [0.25, 0.3) is 5.91 Å². The predicted molar refractivity (Wildman–Crippen MR) is 134 cm³/mol. The van der Waals surface area contributed by atoms with Crippen molar-refractivity contribution in [3.63, 3.8) is 0 Å². The quantitative estimate of drug-likeness (QED) is 0.383. The van der Waals surface area contributed by atoms with E-state index >= 15 is 0 Å².